The lowest BCUT2D eigenvalue weighted by Crippen LogP contribution is -2.14. The fraction of sp³-hybridized carbons (Fsp3) is 0.143. The molecule has 0 fully saturated rings. The number of carbonyl (C=O) groups excluding carboxylic acids is 1. The summed E-state index contributed by atoms with van der Waals surface area (Å²) in [5.74, 6) is -0.579. The number of amides is 1. The predicted octanol–water partition coefficient (Wildman–Crippen LogP) is 5.27. The fourth-order valence-electron chi connectivity index (χ4n) is 2.61. The van der Waals surface area contributed by atoms with Crippen LogP contribution in [0.4, 0.5) is 24.5 Å². The number of hydrogen-bond donors (Lipinski definition) is 2. The quantitative estimate of drug-likeness (QED) is 0.629. The molecule has 0 unspecified atom stereocenters. The molecule has 0 aliphatic carbocycles. The van der Waals surface area contributed by atoms with Crippen molar-refractivity contribution >= 4 is 17.3 Å². The number of aromatic nitrogens is 1. The van der Waals surface area contributed by atoms with Crippen LogP contribution in [0.1, 0.15) is 27.2 Å². The Bertz CT molecular complexity index is 969. The molecule has 1 amide bonds. The number of aryl methyl sites for hydroxylation is 1. The monoisotopic (exact) mass is 385 g/mol. The molecule has 144 valence electrons. The predicted molar refractivity (Wildman–Crippen MR) is 102 cm³/mol. The number of hydrogen-bond acceptors (Lipinski definition) is 3. The van der Waals surface area contributed by atoms with Crippen molar-refractivity contribution < 1.29 is 18.0 Å². The van der Waals surface area contributed by atoms with Gasteiger partial charge in [0, 0.05) is 12.2 Å². The first kappa shape index (κ1) is 19.4. The Hall–Kier alpha value is -3.35. The molecule has 0 spiro atoms. The van der Waals surface area contributed by atoms with E-state index < -0.39 is 17.6 Å². The lowest BCUT2D eigenvalue weighted by molar-refractivity contribution is -0.137. The Morgan fingerprint density at radius 1 is 1.00 bits per heavy atom. The van der Waals surface area contributed by atoms with Gasteiger partial charge in [-0.3, -0.25) is 4.79 Å². The molecule has 4 nitrogen and oxygen atoms in total. The molecular weight excluding hydrogens is 367 g/mol. The summed E-state index contributed by atoms with van der Waals surface area (Å²) in [6.07, 6.45) is -2.96. The van der Waals surface area contributed by atoms with Gasteiger partial charge < -0.3 is 10.6 Å². The van der Waals surface area contributed by atoms with Gasteiger partial charge in [-0.15, -0.1) is 0 Å². The summed E-state index contributed by atoms with van der Waals surface area (Å²) >= 11 is 0. The zero-order valence-corrected chi connectivity index (χ0v) is 15.0. The van der Waals surface area contributed by atoms with Crippen molar-refractivity contribution in [1.82, 2.24) is 4.98 Å². The highest BCUT2D eigenvalue weighted by Crippen LogP contribution is 2.30. The molecule has 3 rings (SSSR count). The minimum atomic E-state index is -4.47. The van der Waals surface area contributed by atoms with Crippen LogP contribution in [-0.4, -0.2) is 10.9 Å². The van der Waals surface area contributed by atoms with Gasteiger partial charge in [0.2, 0.25) is 0 Å². The number of carbonyl (C=O) groups is 1. The van der Waals surface area contributed by atoms with Crippen molar-refractivity contribution in [3.63, 3.8) is 0 Å². The number of alkyl halides is 3. The van der Waals surface area contributed by atoms with E-state index in [-0.39, 0.29) is 11.4 Å². The molecule has 0 saturated carbocycles. The van der Waals surface area contributed by atoms with Gasteiger partial charge >= 0.3 is 6.18 Å². The van der Waals surface area contributed by atoms with E-state index in [1.165, 1.54) is 30.0 Å². The van der Waals surface area contributed by atoms with Gasteiger partial charge in [0.1, 0.15) is 5.69 Å². The average Bonchev–Trinajstić information content (AvgIpc) is 2.67. The Morgan fingerprint density at radius 3 is 2.46 bits per heavy atom. The van der Waals surface area contributed by atoms with Crippen molar-refractivity contribution in [3.8, 4) is 0 Å². The van der Waals surface area contributed by atoms with Crippen LogP contribution >= 0.6 is 0 Å². The molecule has 0 atom stereocenters. The zero-order valence-electron chi connectivity index (χ0n) is 15.0. The summed E-state index contributed by atoms with van der Waals surface area (Å²) in [4.78, 5) is 16.3. The van der Waals surface area contributed by atoms with Gasteiger partial charge in [-0.25, -0.2) is 4.98 Å². The molecule has 2 N–H and O–H groups in total. The lowest BCUT2D eigenvalue weighted by Gasteiger charge is -2.11. The minimum absolute atomic E-state index is 0.0587. The van der Waals surface area contributed by atoms with Crippen LogP contribution in [0.15, 0.2) is 66.9 Å². The number of pyridine rings is 1. The molecule has 0 radical (unpaired) electrons. The van der Waals surface area contributed by atoms with Crippen molar-refractivity contribution in [2.24, 2.45) is 0 Å². The van der Waals surface area contributed by atoms with Crippen LogP contribution in [0.5, 0.6) is 0 Å². The van der Waals surface area contributed by atoms with Crippen molar-refractivity contribution in [2.75, 3.05) is 10.6 Å². The van der Waals surface area contributed by atoms with Gasteiger partial charge in [-0.1, -0.05) is 30.3 Å². The summed E-state index contributed by atoms with van der Waals surface area (Å²) in [6.45, 7) is 2.64. The summed E-state index contributed by atoms with van der Waals surface area (Å²) in [5.41, 5.74) is 2.39. The highest BCUT2D eigenvalue weighted by molar-refractivity contribution is 6.03. The smallest absolute Gasteiger partial charge is 0.380 e. The lowest BCUT2D eigenvalue weighted by atomic mass is 10.1. The van der Waals surface area contributed by atoms with Crippen LogP contribution in [0.25, 0.3) is 0 Å². The summed E-state index contributed by atoms with van der Waals surface area (Å²) in [5, 5.41) is 5.66. The van der Waals surface area contributed by atoms with Gasteiger partial charge in [0.15, 0.2) is 0 Å². The van der Waals surface area contributed by atoms with Crippen molar-refractivity contribution in [1.29, 1.82) is 0 Å². The Morgan fingerprint density at radius 2 is 1.79 bits per heavy atom. The molecule has 2 aromatic carbocycles. The summed E-state index contributed by atoms with van der Waals surface area (Å²) < 4.78 is 38.3. The van der Waals surface area contributed by atoms with E-state index in [1.54, 1.807) is 6.07 Å². The van der Waals surface area contributed by atoms with Crippen molar-refractivity contribution in [3.05, 3.63) is 89.2 Å². The number of nitrogens with one attached hydrogen (secondary N) is 2. The highest BCUT2D eigenvalue weighted by atomic mass is 19.4. The molecule has 1 heterocycles. The zero-order chi connectivity index (χ0) is 20.1. The molecule has 1 aromatic heterocycles. The van der Waals surface area contributed by atoms with Gasteiger partial charge in [0.25, 0.3) is 5.91 Å². The second-order valence-corrected chi connectivity index (χ2v) is 6.24. The van der Waals surface area contributed by atoms with Crippen LogP contribution in [0.3, 0.4) is 0 Å². The highest BCUT2D eigenvalue weighted by Gasteiger charge is 2.30. The second kappa shape index (κ2) is 8.12. The number of anilines is 2. The largest absolute Gasteiger partial charge is 0.416 e. The normalized spacial score (nSPS) is 11.1. The van der Waals surface area contributed by atoms with Crippen LogP contribution in [0.2, 0.25) is 0 Å². The number of halogens is 3. The third kappa shape index (κ3) is 4.88. The maximum Gasteiger partial charge on any atom is 0.416 e. The van der Waals surface area contributed by atoms with Gasteiger partial charge in [0.05, 0.1) is 17.4 Å². The fourth-order valence-corrected chi connectivity index (χ4v) is 2.61. The van der Waals surface area contributed by atoms with E-state index in [0.717, 1.165) is 23.4 Å². The number of benzene rings is 2. The average molecular weight is 385 g/mol. The SMILES string of the molecule is Cc1ccccc1CNc1ccc(C(=O)Nc2cccc(C(F)(F)F)c2)nc1. The molecule has 7 heteroatoms. The maximum absolute atomic E-state index is 12.8. The summed E-state index contributed by atoms with van der Waals surface area (Å²) in [6, 6.07) is 15.7. The number of rotatable bonds is 5. The number of nitrogens with zero attached hydrogens (tertiary/aromatic N) is 1. The van der Waals surface area contributed by atoms with E-state index >= 15 is 0 Å². The second-order valence-electron chi connectivity index (χ2n) is 6.24. The van der Waals surface area contributed by atoms with Crippen molar-refractivity contribution in [2.45, 2.75) is 19.6 Å². The van der Waals surface area contributed by atoms with E-state index in [0.29, 0.717) is 6.54 Å². The molecular formula is C21H18F3N3O. The molecule has 0 aliphatic heterocycles. The molecule has 0 saturated heterocycles. The van der Waals surface area contributed by atoms with Gasteiger partial charge in [-0.2, -0.15) is 13.2 Å². The summed E-state index contributed by atoms with van der Waals surface area (Å²) in [7, 11) is 0. The van der Waals surface area contributed by atoms with E-state index in [2.05, 4.69) is 15.6 Å². The molecule has 0 bridgehead atoms. The van der Waals surface area contributed by atoms with Crippen LogP contribution in [-0.2, 0) is 12.7 Å². The molecule has 3 aromatic rings. The topological polar surface area (TPSA) is 54.0 Å². The van der Waals surface area contributed by atoms with Crippen LogP contribution in [0, 0.1) is 6.92 Å². The first-order valence-corrected chi connectivity index (χ1v) is 8.56. The maximum atomic E-state index is 12.8. The molecule has 28 heavy (non-hydrogen) atoms. The van der Waals surface area contributed by atoms with Crippen LogP contribution < -0.4 is 10.6 Å². The van der Waals surface area contributed by atoms with E-state index in [9.17, 15) is 18.0 Å². The third-order valence-corrected chi connectivity index (χ3v) is 4.19. The Labute approximate surface area is 160 Å². The minimum Gasteiger partial charge on any atom is -0.380 e. The van der Waals surface area contributed by atoms with E-state index in [1.807, 2.05) is 31.2 Å². The Kier molecular flexibility index (Phi) is 5.63. The van der Waals surface area contributed by atoms with Gasteiger partial charge in [-0.05, 0) is 48.4 Å². The first-order valence-electron chi connectivity index (χ1n) is 8.56. The Balaban J connectivity index is 1.63. The standard InChI is InChI=1S/C21H18F3N3O/c1-14-5-2-3-6-15(14)12-25-18-9-10-19(26-13-18)20(28)27-17-8-4-7-16(11-17)21(22,23)24/h2-11,13,25H,12H2,1H3,(H,27,28). The third-order valence-electron chi connectivity index (χ3n) is 4.19. The molecule has 0 aliphatic rings. The van der Waals surface area contributed by atoms with E-state index in [4.69, 9.17) is 0 Å². The first-order chi connectivity index (χ1) is 13.3.